The summed E-state index contributed by atoms with van der Waals surface area (Å²) >= 11 is 4.96. The molecule has 0 bridgehead atoms. The lowest BCUT2D eigenvalue weighted by Gasteiger charge is -2.27. The number of hydrogen-bond acceptors (Lipinski definition) is 1. The second-order valence-corrected chi connectivity index (χ2v) is 3.65. The summed E-state index contributed by atoms with van der Waals surface area (Å²) in [6, 6.07) is 0.551. The minimum atomic E-state index is 0.551. The molecule has 0 aliphatic carbocycles. The van der Waals surface area contributed by atoms with E-state index in [1.165, 1.54) is 25.7 Å². The predicted octanol–water partition coefficient (Wildman–Crippen LogP) is 1.49. The van der Waals surface area contributed by atoms with Crippen molar-refractivity contribution in [2.24, 2.45) is 5.73 Å². The van der Waals surface area contributed by atoms with Crippen molar-refractivity contribution in [3.05, 3.63) is 0 Å². The topological polar surface area (TPSA) is 29.3 Å². The lowest BCUT2D eigenvalue weighted by Crippen LogP contribution is -2.41. The molecule has 3 heteroatoms. The number of hydrogen-bond donors (Lipinski definition) is 1. The monoisotopic (exact) mass is 172 g/mol. The molecule has 1 aliphatic rings. The van der Waals surface area contributed by atoms with E-state index in [0.29, 0.717) is 11.2 Å². The van der Waals surface area contributed by atoms with Gasteiger partial charge in [0.15, 0.2) is 5.11 Å². The molecule has 1 unspecified atom stereocenters. The Morgan fingerprint density at radius 1 is 1.45 bits per heavy atom. The van der Waals surface area contributed by atoms with Crippen LogP contribution in [0.25, 0.3) is 0 Å². The molecular formula is C8H16N2S. The molecule has 0 spiro atoms. The van der Waals surface area contributed by atoms with Gasteiger partial charge in [0.1, 0.15) is 0 Å². The van der Waals surface area contributed by atoms with Crippen LogP contribution in [-0.2, 0) is 0 Å². The summed E-state index contributed by atoms with van der Waals surface area (Å²) in [6.45, 7) is 3.25. The highest BCUT2D eigenvalue weighted by Crippen LogP contribution is 2.15. The van der Waals surface area contributed by atoms with Gasteiger partial charge in [-0.15, -0.1) is 0 Å². The Balaban J connectivity index is 2.52. The molecule has 0 saturated carbocycles. The highest BCUT2D eigenvalue weighted by Gasteiger charge is 2.16. The molecule has 1 rings (SSSR count). The Bertz CT molecular complexity index is 147. The Morgan fingerprint density at radius 2 is 2.18 bits per heavy atom. The van der Waals surface area contributed by atoms with Gasteiger partial charge in [-0.2, -0.15) is 0 Å². The van der Waals surface area contributed by atoms with Gasteiger partial charge in [-0.25, -0.2) is 0 Å². The molecule has 1 atom stereocenters. The summed E-state index contributed by atoms with van der Waals surface area (Å²) in [7, 11) is 0. The lowest BCUT2D eigenvalue weighted by molar-refractivity contribution is 0.338. The zero-order valence-corrected chi connectivity index (χ0v) is 7.86. The number of rotatable bonds is 0. The first kappa shape index (κ1) is 8.78. The smallest absolute Gasteiger partial charge is 0.166 e. The molecule has 0 amide bonds. The first-order chi connectivity index (χ1) is 5.22. The normalized spacial score (nSPS) is 26.3. The van der Waals surface area contributed by atoms with Crippen LogP contribution in [-0.4, -0.2) is 22.6 Å². The maximum Gasteiger partial charge on any atom is 0.166 e. The summed E-state index contributed by atoms with van der Waals surface area (Å²) in [5.74, 6) is 0. The van der Waals surface area contributed by atoms with E-state index in [9.17, 15) is 0 Å². The first-order valence-electron chi connectivity index (χ1n) is 4.28. The fraction of sp³-hybridized carbons (Fsp3) is 0.875. The molecule has 1 fully saturated rings. The van der Waals surface area contributed by atoms with E-state index in [1.807, 2.05) is 0 Å². The number of thiocarbonyl (C=S) groups is 1. The van der Waals surface area contributed by atoms with Gasteiger partial charge in [-0.05, 0) is 32.0 Å². The van der Waals surface area contributed by atoms with E-state index in [1.54, 1.807) is 0 Å². The predicted molar refractivity (Wildman–Crippen MR) is 51.4 cm³/mol. The van der Waals surface area contributed by atoms with Crippen LogP contribution in [0.3, 0.4) is 0 Å². The van der Waals surface area contributed by atoms with Crippen molar-refractivity contribution in [3.63, 3.8) is 0 Å². The lowest BCUT2D eigenvalue weighted by atomic mass is 10.1. The van der Waals surface area contributed by atoms with Gasteiger partial charge >= 0.3 is 0 Å². The van der Waals surface area contributed by atoms with Crippen LogP contribution < -0.4 is 5.73 Å². The van der Waals surface area contributed by atoms with E-state index >= 15 is 0 Å². The molecule has 11 heavy (non-hydrogen) atoms. The largest absolute Gasteiger partial charge is 0.376 e. The summed E-state index contributed by atoms with van der Waals surface area (Å²) in [5, 5.41) is 0.569. The van der Waals surface area contributed by atoms with E-state index in [4.69, 9.17) is 18.0 Å². The van der Waals surface area contributed by atoms with Gasteiger partial charge < -0.3 is 10.6 Å². The number of likely N-dealkylation sites (tertiary alicyclic amines) is 1. The fourth-order valence-electron chi connectivity index (χ4n) is 1.60. The van der Waals surface area contributed by atoms with Crippen molar-refractivity contribution in [2.75, 3.05) is 6.54 Å². The molecule has 0 aromatic rings. The zero-order chi connectivity index (χ0) is 8.27. The van der Waals surface area contributed by atoms with E-state index in [-0.39, 0.29) is 0 Å². The van der Waals surface area contributed by atoms with Crippen molar-refractivity contribution in [1.82, 2.24) is 4.90 Å². The maximum absolute atomic E-state index is 5.58. The summed E-state index contributed by atoms with van der Waals surface area (Å²) < 4.78 is 0. The molecule has 64 valence electrons. The molecule has 0 aromatic carbocycles. The van der Waals surface area contributed by atoms with Crippen molar-refractivity contribution in [2.45, 2.75) is 38.6 Å². The quantitative estimate of drug-likeness (QED) is 0.561. The van der Waals surface area contributed by atoms with Crippen molar-refractivity contribution < 1.29 is 0 Å². The molecule has 0 aromatic heterocycles. The summed E-state index contributed by atoms with van der Waals surface area (Å²) in [4.78, 5) is 2.14. The highest BCUT2D eigenvalue weighted by atomic mass is 32.1. The van der Waals surface area contributed by atoms with Crippen LogP contribution in [0.5, 0.6) is 0 Å². The Hall–Kier alpha value is -0.310. The third-order valence-corrected chi connectivity index (χ3v) is 2.57. The molecule has 1 aliphatic heterocycles. The Kier molecular flexibility index (Phi) is 3.12. The second-order valence-electron chi connectivity index (χ2n) is 3.23. The van der Waals surface area contributed by atoms with Gasteiger partial charge in [-0.3, -0.25) is 0 Å². The zero-order valence-electron chi connectivity index (χ0n) is 7.05. The third-order valence-electron chi connectivity index (χ3n) is 2.34. The molecule has 2 nitrogen and oxygen atoms in total. The molecule has 1 heterocycles. The summed E-state index contributed by atoms with van der Waals surface area (Å²) in [5.41, 5.74) is 5.58. The first-order valence-corrected chi connectivity index (χ1v) is 4.68. The Labute approximate surface area is 73.7 Å². The standard InChI is InChI=1S/C8H16N2S/c1-7-5-3-2-4-6-10(7)8(9)11/h7H,2-6H2,1H3,(H2,9,11). The van der Waals surface area contributed by atoms with Crippen LogP contribution in [0.1, 0.15) is 32.6 Å². The second kappa shape index (κ2) is 3.90. The highest BCUT2D eigenvalue weighted by molar-refractivity contribution is 7.80. The fourth-order valence-corrected chi connectivity index (χ4v) is 1.87. The van der Waals surface area contributed by atoms with Crippen LogP contribution in [0, 0.1) is 0 Å². The Morgan fingerprint density at radius 3 is 2.82 bits per heavy atom. The van der Waals surface area contributed by atoms with Crippen molar-refractivity contribution in [3.8, 4) is 0 Å². The van der Waals surface area contributed by atoms with Gasteiger partial charge in [0, 0.05) is 12.6 Å². The van der Waals surface area contributed by atoms with Crippen LogP contribution in [0.4, 0.5) is 0 Å². The molecule has 0 radical (unpaired) electrons. The van der Waals surface area contributed by atoms with E-state index < -0.39 is 0 Å². The average molecular weight is 172 g/mol. The van der Waals surface area contributed by atoms with Gasteiger partial charge in [0.2, 0.25) is 0 Å². The molecule has 1 saturated heterocycles. The SMILES string of the molecule is CC1CCCCCN1C(N)=S. The van der Waals surface area contributed by atoms with Crippen LogP contribution in [0.15, 0.2) is 0 Å². The van der Waals surface area contributed by atoms with Crippen LogP contribution in [0.2, 0.25) is 0 Å². The van der Waals surface area contributed by atoms with Gasteiger partial charge in [0.05, 0.1) is 0 Å². The third kappa shape index (κ3) is 2.33. The number of nitrogens with two attached hydrogens (primary N) is 1. The van der Waals surface area contributed by atoms with Crippen molar-refractivity contribution >= 4 is 17.3 Å². The van der Waals surface area contributed by atoms with E-state index in [2.05, 4.69) is 11.8 Å². The van der Waals surface area contributed by atoms with Gasteiger partial charge in [0.25, 0.3) is 0 Å². The summed E-state index contributed by atoms with van der Waals surface area (Å²) in [6.07, 6.45) is 5.11. The minimum absolute atomic E-state index is 0.551. The van der Waals surface area contributed by atoms with E-state index in [0.717, 1.165) is 6.54 Å². The van der Waals surface area contributed by atoms with Gasteiger partial charge in [-0.1, -0.05) is 12.8 Å². The van der Waals surface area contributed by atoms with Crippen LogP contribution >= 0.6 is 12.2 Å². The molecular weight excluding hydrogens is 156 g/mol. The molecule has 2 N–H and O–H groups in total. The average Bonchev–Trinajstić information content (AvgIpc) is 2.13. The number of nitrogens with zero attached hydrogens (tertiary/aromatic N) is 1. The minimum Gasteiger partial charge on any atom is -0.376 e. The van der Waals surface area contributed by atoms with Crippen molar-refractivity contribution in [1.29, 1.82) is 0 Å². The maximum atomic E-state index is 5.58.